The van der Waals surface area contributed by atoms with Gasteiger partial charge in [-0.15, -0.1) is 11.3 Å². The van der Waals surface area contributed by atoms with E-state index in [1.165, 1.54) is 6.08 Å². The Bertz CT molecular complexity index is 888. The lowest BCUT2D eigenvalue weighted by Gasteiger charge is -2.06. The third-order valence-corrected chi connectivity index (χ3v) is 4.78. The molecule has 1 N–H and O–H groups in total. The van der Waals surface area contributed by atoms with Crippen molar-refractivity contribution in [3.63, 3.8) is 0 Å². The lowest BCUT2D eigenvalue weighted by molar-refractivity contribution is -0.116. The fraction of sp³-hybridized carbons (Fsp3) is 0.111. The van der Waals surface area contributed by atoms with Gasteiger partial charge in [0.05, 0.1) is 10.9 Å². The molecule has 1 amide bonds. The molecule has 0 spiro atoms. The number of rotatable bonds is 5. The summed E-state index contributed by atoms with van der Waals surface area (Å²) in [5.41, 5.74) is 0. The number of pyridine rings is 1. The molecule has 0 saturated carbocycles. The number of ether oxygens (including phenoxy) is 1. The Morgan fingerprint density at radius 2 is 2.12 bits per heavy atom. The van der Waals surface area contributed by atoms with E-state index >= 15 is 0 Å². The fourth-order valence-electron chi connectivity index (χ4n) is 2.14. The van der Waals surface area contributed by atoms with Crippen LogP contribution in [0.4, 0.5) is 0 Å². The molecule has 2 aromatic heterocycles. The van der Waals surface area contributed by atoms with Crippen molar-refractivity contribution >= 4 is 49.3 Å². The second-order valence-corrected chi connectivity index (χ2v) is 7.01. The van der Waals surface area contributed by atoms with Crippen molar-refractivity contribution in [3.8, 4) is 11.5 Å². The van der Waals surface area contributed by atoms with Gasteiger partial charge in [-0.25, -0.2) is 0 Å². The molecule has 24 heavy (non-hydrogen) atoms. The third-order valence-electron chi connectivity index (χ3n) is 3.22. The first kappa shape index (κ1) is 16.7. The molecule has 3 aromatic rings. The van der Waals surface area contributed by atoms with Gasteiger partial charge in [-0.1, -0.05) is 15.9 Å². The van der Waals surface area contributed by atoms with Crippen LogP contribution >= 0.6 is 27.3 Å². The number of fused-ring (bicyclic) bond motifs is 1. The quantitative estimate of drug-likeness (QED) is 0.610. The molecule has 2 heterocycles. The Hall–Kier alpha value is -2.18. The standard InChI is InChI=1S/C18H15BrN2O2S/c1-2-21-18(22)8-7-14-9-15-16(10-20-11-17(15)24-14)23-13-5-3-12(19)4-6-13/h3-11H,2H2,1H3,(H,21,22)/b8-7+. The van der Waals surface area contributed by atoms with E-state index in [1.54, 1.807) is 29.8 Å². The molecule has 0 unspecified atom stereocenters. The van der Waals surface area contributed by atoms with E-state index in [9.17, 15) is 4.79 Å². The van der Waals surface area contributed by atoms with Crippen molar-refractivity contribution in [1.82, 2.24) is 10.3 Å². The molecule has 0 aliphatic carbocycles. The van der Waals surface area contributed by atoms with E-state index < -0.39 is 0 Å². The number of thiophene rings is 1. The largest absolute Gasteiger partial charge is 0.455 e. The first-order valence-electron chi connectivity index (χ1n) is 7.42. The van der Waals surface area contributed by atoms with E-state index in [-0.39, 0.29) is 5.91 Å². The zero-order chi connectivity index (χ0) is 16.9. The average molecular weight is 403 g/mol. The molecule has 0 atom stereocenters. The summed E-state index contributed by atoms with van der Waals surface area (Å²) in [6.07, 6.45) is 6.85. The molecule has 1 aromatic carbocycles. The minimum Gasteiger partial charge on any atom is -0.455 e. The molecule has 0 aliphatic heterocycles. The zero-order valence-electron chi connectivity index (χ0n) is 13.0. The third kappa shape index (κ3) is 4.01. The van der Waals surface area contributed by atoms with Crippen molar-refractivity contribution in [2.45, 2.75) is 6.92 Å². The molecule has 0 aliphatic rings. The van der Waals surface area contributed by atoms with Gasteiger partial charge < -0.3 is 10.1 Å². The second kappa shape index (κ2) is 7.59. The van der Waals surface area contributed by atoms with E-state index in [0.29, 0.717) is 12.3 Å². The maximum absolute atomic E-state index is 11.5. The van der Waals surface area contributed by atoms with Gasteiger partial charge in [-0.3, -0.25) is 9.78 Å². The second-order valence-electron chi connectivity index (χ2n) is 4.98. The fourth-order valence-corrected chi connectivity index (χ4v) is 3.35. The summed E-state index contributed by atoms with van der Waals surface area (Å²) in [6.45, 7) is 2.51. The molecule has 0 bridgehead atoms. The van der Waals surface area contributed by atoms with Crippen LogP contribution in [0.2, 0.25) is 0 Å². The minimum absolute atomic E-state index is 0.0978. The lowest BCUT2D eigenvalue weighted by Crippen LogP contribution is -2.19. The number of nitrogens with zero attached hydrogens (tertiary/aromatic N) is 1. The monoisotopic (exact) mass is 402 g/mol. The molecular weight excluding hydrogens is 388 g/mol. The number of carbonyl (C=O) groups excluding carboxylic acids is 1. The smallest absolute Gasteiger partial charge is 0.244 e. The highest BCUT2D eigenvalue weighted by molar-refractivity contribution is 9.10. The average Bonchev–Trinajstić information content (AvgIpc) is 2.99. The maximum Gasteiger partial charge on any atom is 0.244 e. The number of hydrogen-bond donors (Lipinski definition) is 1. The molecule has 4 nitrogen and oxygen atoms in total. The Labute approximate surface area is 152 Å². The summed E-state index contributed by atoms with van der Waals surface area (Å²) < 4.78 is 7.96. The molecule has 0 radical (unpaired) electrons. The summed E-state index contributed by atoms with van der Waals surface area (Å²) in [6, 6.07) is 9.65. The van der Waals surface area contributed by atoms with Crippen LogP contribution < -0.4 is 10.1 Å². The van der Waals surface area contributed by atoms with Gasteiger partial charge >= 0.3 is 0 Å². The van der Waals surface area contributed by atoms with Crippen molar-refractivity contribution in [2.75, 3.05) is 6.54 Å². The number of aromatic nitrogens is 1. The Morgan fingerprint density at radius 3 is 2.88 bits per heavy atom. The van der Waals surface area contributed by atoms with Gasteiger partial charge in [0.25, 0.3) is 0 Å². The highest BCUT2D eigenvalue weighted by Gasteiger charge is 2.08. The molecule has 122 valence electrons. The summed E-state index contributed by atoms with van der Waals surface area (Å²) >= 11 is 4.98. The molecule has 0 saturated heterocycles. The summed E-state index contributed by atoms with van der Waals surface area (Å²) in [7, 11) is 0. The van der Waals surface area contributed by atoms with Crippen LogP contribution in [0, 0.1) is 0 Å². The number of benzene rings is 1. The van der Waals surface area contributed by atoms with Crippen molar-refractivity contribution in [1.29, 1.82) is 0 Å². The summed E-state index contributed by atoms with van der Waals surface area (Å²) in [5, 5.41) is 3.72. The Morgan fingerprint density at radius 1 is 1.33 bits per heavy atom. The topological polar surface area (TPSA) is 51.2 Å². The van der Waals surface area contributed by atoms with Crippen LogP contribution in [0.25, 0.3) is 16.2 Å². The minimum atomic E-state index is -0.0978. The molecule has 6 heteroatoms. The van der Waals surface area contributed by atoms with E-state index in [2.05, 4.69) is 26.2 Å². The SMILES string of the molecule is CCNC(=O)/C=C/c1cc2c(Oc3ccc(Br)cc3)cncc2s1. The van der Waals surface area contributed by atoms with Crippen LogP contribution in [-0.4, -0.2) is 17.4 Å². The number of likely N-dealkylation sites (N-methyl/N-ethyl adjacent to an activating group) is 1. The van der Waals surface area contributed by atoms with E-state index in [1.807, 2.05) is 37.3 Å². The lowest BCUT2D eigenvalue weighted by atomic mass is 10.2. The van der Waals surface area contributed by atoms with Crippen LogP contribution in [0.1, 0.15) is 11.8 Å². The highest BCUT2D eigenvalue weighted by atomic mass is 79.9. The van der Waals surface area contributed by atoms with Gasteiger partial charge in [0.15, 0.2) is 5.75 Å². The maximum atomic E-state index is 11.5. The summed E-state index contributed by atoms with van der Waals surface area (Å²) in [4.78, 5) is 16.7. The molecule has 0 fully saturated rings. The highest BCUT2D eigenvalue weighted by Crippen LogP contribution is 2.35. The van der Waals surface area contributed by atoms with E-state index in [4.69, 9.17) is 4.74 Å². The predicted octanol–water partition coefficient (Wildman–Crippen LogP) is 5.00. The number of amides is 1. The number of carbonyl (C=O) groups is 1. The van der Waals surface area contributed by atoms with Crippen molar-refractivity contribution < 1.29 is 9.53 Å². The van der Waals surface area contributed by atoms with Crippen LogP contribution in [-0.2, 0) is 4.79 Å². The number of hydrogen-bond acceptors (Lipinski definition) is 4. The Balaban J connectivity index is 1.87. The summed E-state index contributed by atoms with van der Waals surface area (Å²) in [5.74, 6) is 1.35. The van der Waals surface area contributed by atoms with Gasteiger partial charge in [0.1, 0.15) is 5.75 Å². The van der Waals surface area contributed by atoms with Gasteiger partial charge in [-0.05, 0) is 43.3 Å². The zero-order valence-corrected chi connectivity index (χ0v) is 15.4. The van der Waals surface area contributed by atoms with Gasteiger partial charge in [-0.2, -0.15) is 0 Å². The van der Waals surface area contributed by atoms with Crippen molar-refractivity contribution in [3.05, 3.63) is 58.2 Å². The van der Waals surface area contributed by atoms with Crippen LogP contribution in [0.3, 0.4) is 0 Å². The first-order valence-corrected chi connectivity index (χ1v) is 9.03. The normalized spacial score (nSPS) is 11.1. The first-order chi connectivity index (χ1) is 11.7. The number of nitrogens with one attached hydrogen (secondary N) is 1. The van der Waals surface area contributed by atoms with Gasteiger partial charge in [0, 0.05) is 33.6 Å². The van der Waals surface area contributed by atoms with Crippen LogP contribution in [0.5, 0.6) is 11.5 Å². The Kier molecular flexibility index (Phi) is 5.27. The van der Waals surface area contributed by atoms with Gasteiger partial charge in [0.2, 0.25) is 5.91 Å². The molecular formula is C18H15BrN2O2S. The van der Waals surface area contributed by atoms with Crippen molar-refractivity contribution in [2.24, 2.45) is 0 Å². The van der Waals surface area contributed by atoms with E-state index in [0.717, 1.165) is 25.2 Å². The van der Waals surface area contributed by atoms with Crippen LogP contribution in [0.15, 0.2) is 53.3 Å². The predicted molar refractivity (Wildman–Crippen MR) is 102 cm³/mol. The molecule has 3 rings (SSSR count). The number of halogens is 1.